The monoisotopic (exact) mass is 267 g/mol. The number of allylic oxidation sites excluding steroid dienone is 10. The zero-order valence-electron chi connectivity index (χ0n) is 13.1. The topological polar surface area (TPSA) is 0 Å². The number of hydrogen-bond acceptors (Lipinski definition) is 0. The molecule has 1 radical (unpaired) electrons. The summed E-state index contributed by atoms with van der Waals surface area (Å²) in [7, 11) is 2.37. The van der Waals surface area contributed by atoms with E-state index < -0.39 is 0 Å². The minimum atomic E-state index is 1.03. The maximum atomic E-state index is 2.37. The van der Waals surface area contributed by atoms with Gasteiger partial charge in [0.2, 0.25) is 0 Å². The van der Waals surface area contributed by atoms with Crippen LogP contribution in [0.25, 0.3) is 0 Å². The Hall–Kier alpha value is -1.24. The zero-order valence-corrected chi connectivity index (χ0v) is 13.1. The molecule has 0 unspecified atom stereocenters. The second kappa shape index (κ2) is 11.6. The van der Waals surface area contributed by atoms with Crippen molar-refractivity contribution < 1.29 is 0 Å². The van der Waals surface area contributed by atoms with E-state index >= 15 is 0 Å². The van der Waals surface area contributed by atoms with Crippen LogP contribution in [-0.2, 0) is 0 Å². The molecule has 0 saturated heterocycles. The lowest BCUT2D eigenvalue weighted by atomic mass is 9.64. The predicted molar refractivity (Wildman–Crippen MR) is 93.2 cm³/mol. The highest BCUT2D eigenvalue weighted by atomic mass is 14.0. The van der Waals surface area contributed by atoms with Gasteiger partial charge in [-0.1, -0.05) is 99.4 Å². The normalized spacial score (nSPS) is 15.5. The van der Waals surface area contributed by atoms with Crippen LogP contribution in [0.4, 0.5) is 0 Å². The van der Waals surface area contributed by atoms with E-state index in [1.54, 1.807) is 0 Å². The summed E-state index contributed by atoms with van der Waals surface area (Å²) in [5.41, 5.74) is 2.64. The molecule has 107 valence electrons. The largest absolute Gasteiger partial charge is 0.151 e. The quantitative estimate of drug-likeness (QED) is 0.274. The molecule has 0 aromatic rings. The summed E-state index contributed by atoms with van der Waals surface area (Å²) < 4.78 is 0. The molecular formula is C19H28B. The smallest absolute Gasteiger partial charge is 0.0882 e. The van der Waals surface area contributed by atoms with E-state index in [9.17, 15) is 0 Å². The number of hydrogen-bond donors (Lipinski definition) is 0. The molecule has 0 aliphatic heterocycles. The van der Waals surface area contributed by atoms with E-state index in [1.807, 2.05) is 0 Å². The summed E-state index contributed by atoms with van der Waals surface area (Å²) in [5.74, 6) is 0. The van der Waals surface area contributed by atoms with Crippen molar-refractivity contribution in [3.63, 3.8) is 0 Å². The van der Waals surface area contributed by atoms with Crippen LogP contribution in [0.15, 0.2) is 59.7 Å². The van der Waals surface area contributed by atoms with Crippen LogP contribution in [0, 0.1) is 0 Å². The van der Waals surface area contributed by atoms with E-state index in [0.717, 1.165) is 6.42 Å². The van der Waals surface area contributed by atoms with Crippen molar-refractivity contribution in [2.45, 2.75) is 58.7 Å². The second-order valence-corrected chi connectivity index (χ2v) is 5.28. The fourth-order valence-electron chi connectivity index (χ4n) is 2.28. The maximum absolute atomic E-state index is 2.37. The molecule has 0 aromatic heterocycles. The van der Waals surface area contributed by atoms with Crippen LogP contribution >= 0.6 is 0 Å². The molecule has 0 bridgehead atoms. The Kier molecular flexibility index (Phi) is 9.74. The predicted octanol–water partition coefficient (Wildman–Crippen LogP) is 5.98. The van der Waals surface area contributed by atoms with Gasteiger partial charge >= 0.3 is 0 Å². The van der Waals surface area contributed by atoms with Crippen LogP contribution in [0.2, 0.25) is 6.32 Å². The van der Waals surface area contributed by atoms with Gasteiger partial charge in [-0.15, -0.1) is 0 Å². The van der Waals surface area contributed by atoms with Gasteiger partial charge in [0.1, 0.15) is 0 Å². The van der Waals surface area contributed by atoms with Gasteiger partial charge in [0.25, 0.3) is 0 Å². The summed E-state index contributed by atoms with van der Waals surface area (Å²) >= 11 is 0. The van der Waals surface area contributed by atoms with Crippen LogP contribution in [0.1, 0.15) is 52.4 Å². The molecule has 0 amide bonds. The highest BCUT2D eigenvalue weighted by Gasteiger charge is 1.98. The van der Waals surface area contributed by atoms with Gasteiger partial charge in [-0.25, -0.2) is 0 Å². The summed E-state index contributed by atoms with van der Waals surface area (Å²) in [6.07, 6.45) is 26.5. The molecular weight excluding hydrogens is 239 g/mol. The van der Waals surface area contributed by atoms with Crippen molar-refractivity contribution in [3.8, 4) is 0 Å². The molecule has 0 N–H and O–H groups in total. The van der Waals surface area contributed by atoms with E-state index in [-0.39, 0.29) is 0 Å². The van der Waals surface area contributed by atoms with Crippen molar-refractivity contribution in [3.05, 3.63) is 59.7 Å². The molecule has 0 atom stereocenters. The summed E-state index contributed by atoms with van der Waals surface area (Å²) in [6, 6.07) is 0. The van der Waals surface area contributed by atoms with Crippen LogP contribution in [-0.4, -0.2) is 7.28 Å². The first-order valence-electron chi connectivity index (χ1n) is 8.07. The lowest BCUT2D eigenvalue weighted by Crippen LogP contribution is -1.95. The number of unbranched alkanes of at least 4 members (excludes halogenated alkanes) is 4. The third-order valence-corrected chi connectivity index (χ3v) is 3.41. The average Bonchev–Trinajstić information content (AvgIpc) is 2.71. The average molecular weight is 267 g/mol. The van der Waals surface area contributed by atoms with Gasteiger partial charge < -0.3 is 0 Å². The molecule has 0 spiro atoms. The van der Waals surface area contributed by atoms with Gasteiger partial charge in [-0.05, 0) is 18.9 Å². The number of rotatable bonds is 9. The van der Waals surface area contributed by atoms with Crippen molar-refractivity contribution >= 4 is 7.28 Å². The van der Waals surface area contributed by atoms with E-state index in [0.29, 0.717) is 0 Å². The summed E-state index contributed by atoms with van der Waals surface area (Å²) in [5, 5.41) is 0. The van der Waals surface area contributed by atoms with E-state index in [1.165, 1.54) is 49.5 Å². The fraction of sp³-hybridized carbons (Fsp3) is 0.474. The first kappa shape index (κ1) is 16.8. The van der Waals surface area contributed by atoms with Crippen molar-refractivity contribution in [1.82, 2.24) is 0 Å². The Morgan fingerprint density at radius 2 is 2.05 bits per heavy atom. The molecule has 1 heteroatoms. The first-order valence-corrected chi connectivity index (χ1v) is 8.07. The summed E-state index contributed by atoms with van der Waals surface area (Å²) in [6.45, 7) is 4.35. The van der Waals surface area contributed by atoms with Crippen molar-refractivity contribution in [1.29, 1.82) is 0 Å². The third kappa shape index (κ3) is 8.04. The van der Waals surface area contributed by atoms with Gasteiger partial charge in [-0.3, -0.25) is 0 Å². The first-order chi connectivity index (χ1) is 9.86. The molecule has 1 aliphatic rings. The molecule has 0 fully saturated rings. The molecule has 0 saturated carbocycles. The van der Waals surface area contributed by atoms with Crippen molar-refractivity contribution in [2.75, 3.05) is 0 Å². The van der Waals surface area contributed by atoms with Gasteiger partial charge in [-0.2, -0.15) is 0 Å². The minimum absolute atomic E-state index is 1.03. The van der Waals surface area contributed by atoms with Gasteiger partial charge in [0, 0.05) is 0 Å². The third-order valence-electron chi connectivity index (χ3n) is 3.41. The Morgan fingerprint density at radius 1 is 1.20 bits per heavy atom. The van der Waals surface area contributed by atoms with Gasteiger partial charge in [0.05, 0.1) is 0 Å². The van der Waals surface area contributed by atoms with Crippen LogP contribution in [0.3, 0.4) is 0 Å². The highest BCUT2D eigenvalue weighted by Crippen LogP contribution is 2.12. The lowest BCUT2D eigenvalue weighted by Gasteiger charge is -2.03. The highest BCUT2D eigenvalue weighted by molar-refractivity contribution is 6.46. The second-order valence-electron chi connectivity index (χ2n) is 5.28. The van der Waals surface area contributed by atoms with Crippen LogP contribution < -0.4 is 0 Å². The molecule has 0 aromatic carbocycles. The molecule has 20 heavy (non-hydrogen) atoms. The Balaban J connectivity index is 2.41. The molecule has 1 aliphatic carbocycles. The van der Waals surface area contributed by atoms with E-state index in [4.69, 9.17) is 0 Å². The lowest BCUT2D eigenvalue weighted by molar-refractivity contribution is 0.655. The maximum Gasteiger partial charge on any atom is 0.151 e. The SMILES string of the molecule is C/C=C\C([B]CCCCCCC)=C/C1=CCC=CC=C1. The zero-order chi connectivity index (χ0) is 14.5. The Morgan fingerprint density at radius 3 is 2.85 bits per heavy atom. The minimum Gasteiger partial charge on any atom is -0.0882 e. The van der Waals surface area contributed by atoms with E-state index in [2.05, 4.69) is 69.7 Å². The van der Waals surface area contributed by atoms with Crippen molar-refractivity contribution in [2.24, 2.45) is 0 Å². The molecule has 0 nitrogen and oxygen atoms in total. The van der Waals surface area contributed by atoms with Gasteiger partial charge in [0.15, 0.2) is 7.28 Å². The molecule has 1 rings (SSSR count). The van der Waals surface area contributed by atoms with Crippen LogP contribution in [0.5, 0.6) is 0 Å². The fourth-order valence-corrected chi connectivity index (χ4v) is 2.28. The summed E-state index contributed by atoms with van der Waals surface area (Å²) in [4.78, 5) is 0. The Bertz CT molecular complexity index is 394. The standard InChI is InChI=1S/C19H28B/c1-3-5-6-9-12-16-20-19(13-4-2)17-18-14-10-7-8-11-15-18/h4,7-8,10,13-15,17H,3,5-6,9,11-12,16H2,1-2H3/b13-4-,19-17+. The molecule has 0 heterocycles. The Labute approximate surface area is 126 Å².